The van der Waals surface area contributed by atoms with Crippen molar-refractivity contribution < 1.29 is 13.9 Å². The van der Waals surface area contributed by atoms with Gasteiger partial charge in [-0.25, -0.2) is 0 Å². The van der Waals surface area contributed by atoms with Crippen molar-refractivity contribution in [3.8, 4) is 0 Å². The van der Waals surface area contributed by atoms with Crippen LogP contribution >= 0.6 is 0 Å². The van der Waals surface area contributed by atoms with Gasteiger partial charge in [0, 0.05) is 26.1 Å². The van der Waals surface area contributed by atoms with E-state index in [-0.39, 0.29) is 18.1 Å². The molecule has 1 aromatic carbocycles. The molecule has 118 valence electrons. The Morgan fingerprint density at radius 2 is 2.05 bits per heavy atom. The summed E-state index contributed by atoms with van der Waals surface area (Å²) in [5, 5.41) is 3.07. The molecular weight excluding hydrogens is 282 g/mol. The molecule has 0 bridgehead atoms. The highest BCUT2D eigenvalue weighted by Gasteiger charge is 2.25. The minimum Gasteiger partial charge on any atom is -0.424 e. The van der Waals surface area contributed by atoms with E-state index >= 15 is 0 Å². The van der Waals surface area contributed by atoms with Gasteiger partial charge >= 0.3 is 0 Å². The molecule has 1 saturated heterocycles. The average molecular weight is 303 g/mol. The van der Waals surface area contributed by atoms with E-state index in [1.54, 1.807) is 0 Å². The van der Waals surface area contributed by atoms with Crippen molar-refractivity contribution in [2.75, 3.05) is 25.0 Å². The fraction of sp³-hybridized carbons (Fsp3) is 0.500. The van der Waals surface area contributed by atoms with Crippen molar-refractivity contribution >= 4 is 23.0 Å². The van der Waals surface area contributed by atoms with E-state index in [0.717, 1.165) is 11.1 Å². The second-order valence-electron chi connectivity index (χ2n) is 5.72. The van der Waals surface area contributed by atoms with Gasteiger partial charge in [-0.15, -0.1) is 0 Å². The van der Waals surface area contributed by atoms with E-state index in [4.69, 9.17) is 9.15 Å². The molecular formula is C16H21N3O3. The Bertz CT molecular complexity index is 612. The van der Waals surface area contributed by atoms with Gasteiger partial charge in [0.05, 0.1) is 12.2 Å². The summed E-state index contributed by atoms with van der Waals surface area (Å²) in [5.74, 6) is 0.130. The van der Waals surface area contributed by atoms with Gasteiger partial charge in [0.1, 0.15) is 5.52 Å². The summed E-state index contributed by atoms with van der Waals surface area (Å²) in [5.41, 5.74) is 1.55. The third-order valence-corrected chi connectivity index (χ3v) is 3.68. The third-order valence-electron chi connectivity index (χ3n) is 3.68. The number of aromatic nitrogens is 1. The molecule has 3 rings (SSSR count). The van der Waals surface area contributed by atoms with Gasteiger partial charge in [-0.3, -0.25) is 4.79 Å². The lowest BCUT2D eigenvalue weighted by molar-refractivity contribution is -0.142. The monoisotopic (exact) mass is 303 g/mol. The number of rotatable bonds is 4. The fourth-order valence-corrected chi connectivity index (χ4v) is 2.76. The molecule has 1 N–H and O–H groups in total. The number of nitrogens with one attached hydrogen (secondary N) is 1. The van der Waals surface area contributed by atoms with E-state index in [9.17, 15) is 4.79 Å². The lowest BCUT2D eigenvalue weighted by Gasteiger charge is -2.35. The van der Waals surface area contributed by atoms with Crippen molar-refractivity contribution in [2.24, 2.45) is 0 Å². The number of benzene rings is 1. The second kappa shape index (κ2) is 6.36. The highest BCUT2D eigenvalue weighted by molar-refractivity contribution is 5.77. The molecule has 0 aliphatic carbocycles. The van der Waals surface area contributed by atoms with Crippen molar-refractivity contribution in [3.05, 3.63) is 24.3 Å². The molecule has 22 heavy (non-hydrogen) atoms. The normalized spacial score (nSPS) is 22.0. The van der Waals surface area contributed by atoms with Crippen LogP contribution in [-0.4, -0.2) is 47.6 Å². The predicted molar refractivity (Wildman–Crippen MR) is 83.7 cm³/mol. The third kappa shape index (κ3) is 3.39. The van der Waals surface area contributed by atoms with Crippen molar-refractivity contribution in [1.82, 2.24) is 9.88 Å². The predicted octanol–water partition coefficient (Wildman–Crippen LogP) is 2.27. The van der Waals surface area contributed by atoms with Crippen LogP contribution in [0.2, 0.25) is 0 Å². The Hall–Kier alpha value is -2.08. The number of fused-ring (bicyclic) bond motifs is 1. The molecule has 0 radical (unpaired) electrons. The number of hydrogen-bond acceptors (Lipinski definition) is 5. The molecule has 2 heterocycles. The number of nitrogens with zero attached hydrogens (tertiary/aromatic N) is 2. The molecule has 2 atom stereocenters. The summed E-state index contributed by atoms with van der Waals surface area (Å²) in [6, 6.07) is 8.04. The zero-order valence-electron chi connectivity index (χ0n) is 12.9. The van der Waals surface area contributed by atoms with Crippen LogP contribution in [0, 0.1) is 0 Å². The maximum absolute atomic E-state index is 12.2. The van der Waals surface area contributed by atoms with Gasteiger partial charge < -0.3 is 19.4 Å². The maximum atomic E-state index is 12.2. The molecule has 1 amide bonds. The van der Waals surface area contributed by atoms with Crippen molar-refractivity contribution in [3.63, 3.8) is 0 Å². The summed E-state index contributed by atoms with van der Waals surface area (Å²) in [6.45, 7) is 5.81. The molecule has 2 aromatic rings. The quantitative estimate of drug-likeness (QED) is 0.938. The maximum Gasteiger partial charge on any atom is 0.295 e. The SMILES string of the molecule is CC1CN(C(=O)CCNc2nc3ccccc3o2)CC(C)O1. The number of morpholine rings is 1. The van der Waals surface area contributed by atoms with Crippen LogP contribution in [-0.2, 0) is 9.53 Å². The van der Waals surface area contributed by atoms with E-state index in [1.807, 2.05) is 43.0 Å². The molecule has 1 fully saturated rings. The number of amides is 1. The van der Waals surface area contributed by atoms with Crippen LogP contribution in [0.15, 0.2) is 28.7 Å². The Labute approximate surface area is 129 Å². The van der Waals surface area contributed by atoms with Gasteiger partial charge in [0.15, 0.2) is 5.58 Å². The number of anilines is 1. The summed E-state index contributed by atoms with van der Waals surface area (Å²) < 4.78 is 11.2. The molecule has 2 unspecified atom stereocenters. The van der Waals surface area contributed by atoms with Gasteiger partial charge in [-0.1, -0.05) is 12.1 Å². The number of oxazole rings is 1. The van der Waals surface area contributed by atoms with E-state index < -0.39 is 0 Å². The molecule has 0 spiro atoms. The first kappa shape index (κ1) is 14.8. The summed E-state index contributed by atoms with van der Waals surface area (Å²) in [7, 11) is 0. The zero-order valence-corrected chi connectivity index (χ0v) is 12.9. The standard InChI is InChI=1S/C16H21N3O3/c1-11-9-19(10-12(2)21-11)15(20)7-8-17-16-18-13-5-3-4-6-14(13)22-16/h3-6,11-12H,7-10H2,1-2H3,(H,17,18). The minimum absolute atomic E-state index is 0.0951. The first-order chi connectivity index (χ1) is 10.6. The zero-order chi connectivity index (χ0) is 15.5. The Morgan fingerprint density at radius 1 is 1.32 bits per heavy atom. The van der Waals surface area contributed by atoms with Crippen LogP contribution in [0.5, 0.6) is 0 Å². The van der Waals surface area contributed by atoms with Crippen LogP contribution < -0.4 is 5.32 Å². The molecule has 6 heteroatoms. The summed E-state index contributed by atoms with van der Waals surface area (Å²) in [4.78, 5) is 18.4. The molecule has 0 saturated carbocycles. The number of ether oxygens (including phenoxy) is 1. The first-order valence-corrected chi connectivity index (χ1v) is 7.64. The van der Waals surface area contributed by atoms with E-state index in [0.29, 0.717) is 32.1 Å². The number of hydrogen-bond donors (Lipinski definition) is 1. The highest BCUT2D eigenvalue weighted by atomic mass is 16.5. The molecule has 1 aliphatic rings. The van der Waals surface area contributed by atoms with Crippen LogP contribution in [0.4, 0.5) is 6.01 Å². The van der Waals surface area contributed by atoms with Crippen LogP contribution in [0.1, 0.15) is 20.3 Å². The number of para-hydroxylation sites is 2. The molecule has 1 aliphatic heterocycles. The second-order valence-corrected chi connectivity index (χ2v) is 5.72. The number of carbonyl (C=O) groups is 1. The molecule has 1 aromatic heterocycles. The highest BCUT2D eigenvalue weighted by Crippen LogP contribution is 2.18. The van der Waals surface area contributed by atoms with Crippen molar-refractivity contribution in [1.29, 1.82) is 0 Å². The topological polar surface area (TPSA) is 67.6 Å². The van der Waals surface area contributed by atoms with Crippen LogP contribution in [0.25, 0.3) is 11.1 Å². The smallest absolute Gasteiger partial charge is 0.295 e. The average Bonchev–Trinajstić information content (AvgIpc) is 2.88. The minimum atomic E-state index is 0.0951. The lowest BCUT2D eigenvalue weighted by Crippen LogP contribution is -2.48. The van der Waals surface area contributed by atoms with E-state index in [2.05, 4.69) is 10.3 Å². The van der Waals surface area contributed by atoms with Gasteiger partial charge in [-0.05, 0) is 26.0 Å². The van der Waals surface area contributed by atoms with Gasteiger partial charge in [-0.2, -0.15) is 4.98 Å². The van der Waals surface area contributed by atoms with E-state index in [1.165, 1.54) is 0 Å². The van der Waals surface area contributed by atoms with Gasteiger partial charge in [0.2, 0.25) is 5.91 Å². The van der Waals surface area contributed by atoms with Crippen molar-refractivity contribution in [2.45, 2.75) is 32.5 Å². The van der Waals surface area contributed by atoms with Gasteiger partial charge in [0.25, 0.3) is 6.01 Å². The first-order valence-electron chi connectivity index (χ1n) is 7.64. The summed E-state index contributed by atoms with van der Waals surface area (Å²) >= 11 is 0. The van der Waals surface area contributed by atoms with Crippen LogP contribution in [0.3, 0.4) is 0 Å². The number of carbonyl (C=O) groups excluding carboxylic acids is 1. The lowest BCUT2D eigenvalue weighted by atomic mass is 10.2. The Kier molecular flexibility index (Phi) is 4.29. The Morgan fingerprint density at radius 3 is 2.77 bits per heavy atom. The summed E-state index contributed by atoms with van der Waals surface area (Å²) in [6.07, 6.45) is 0.605. The largest absolute Gasteiger partial charge is 0.424 e. The molecule has 6 nitrogen and oxygen atoms in total. The Balaban J connectivity index is 1.51. The fourth-order valence-electron chi connectivity index (χ4n) is 2.76.